The highest BCUT2D eigenvalue weighted by Crippen LogP contribution is 2.26. The van der Waals surface area contributed by atoms with Gasteiger partial charge in [-0.1, -0.05) is 35.3 Å². The minimum Gasteiger partial charge on any atom is -0.444 e. The molecule has 34 heavy (non-hydrogen) atoms. The van der Waals surface area contributed by atoms with Gasteiger partial charge < -0.3 is 15.4 Å². The molecule has 2 amide bonds. The molecule has 0 aromatic heterocycles. The van der Waals surface area contributed by atoms with E-state index in [1.54, 1.807) is 57.2 Å². The number of carbonyl (C=O) groups excluding carboxylic acids is 2. The number of ether oxygens (including phenoxy) is 1. The molecule has 0 aliphatic rings. The van der Waals surface area contributed by atoms with Gasteiger partial charge in [-0.25, -0.2) is 9.00 Å². The summed E-state index contributed by atoms with van der Waals surface area (Å²) in [6.07, 6.45) is 0.440. The molecule has 0 bridgehead atoms. The third kappa shape index (κ3) is 9.13. The van der Waals surface area contributed by atoms with E-state index < -0.39 is 23.0 Å². The number of benzene rings is 2. The zero-order valence-corrected chi connectivity index (χ0v) is 21.6. The molecule has 0 spiro atoms. The highest BCUT2D eigenvalue weighted by atomic mass is 35.5. The lowest BCUT2D eigenvalue weighted by Gasteiger charge is -2.20. The Hall–Kier alpha value is -2.33. The van der Waals surface area contributed by atoms with Gasteiger partial charge in [0, 0.05) is 25.2 Å². The maximum absolute atomic E-state index is 12.4. The number of alkyl carbamates (subject to hydrolysis) is 1. The quantitative estimate of drug-likeness (QED) is 0.302. The zero-order valence-electron chi connectivity index (χ0n) is 19.3. The number of carbonyl (C=O) groups is 2. The number of nitrogens with zero attached hydrogens (tertiary/aromatic N) is 1. The molecule has 0 aliphatic heterocycles. The first-order valence-electron chi connectivity index (χ1n) is 10.6. The predicted molar refractivity (Wildman–Crippen MR) is 136 cm³/mol. The van der Waals surface area contributed by atoms with Crippen molar-refractivity contribution >= 4 is 52.2 Å². The summed E-state index contributed by atoms with van der Waals surface area (Å²) in [5, 5.41) is 6.24. The van der Waals surface area contributed by atoms with E-state index >= 15 is 0 Å². The lowest BCUT2D eigenvalue weighted by Crippen LogP contribution is -2.34. The largest absolute Gasteiger partial charge is 0.444 e. The summed E-state index contributed by atoms with van der Waals surface area (Å²) in [6.45, 7) is 6.30. The Morgan fingerprint density at radius 2 is 1.71 bits per heavy atom. The van der Waals surface area contributed by atoms with Crippen LogP contribution in [0.2, 0.25) is 10.0 Å². The second-order valence-corrected chi connectivity index (χ2v) is 10.1. The van der Waals surface area contributed by atoms with Crippen molar-refractivity contribution < 1.29 is 23.1 Å². The van der Waals surface area contributed by atoms with Crippen LogP contribution >= 0.6 is 23.2 Å². The molecule has 0 fully saturated rings. The summed E-state index contributed by atoms with van der Waals surface area (Å²) >= 11 is 9.97. The van der Waals surface area contributed by atoms with Crippen LogP contribution < -0.4 is 14.9 Å². The number of anilines is 1. The molecule has 1 atom stereocenters. The summed E-state index contributed by atoms with van der Waals surface area (Å²) < 4.78 is 28.0. The minimum atomic E-state index is -2.26. The average molecular weight is 530 g/mol. The molecule has 0 saturated heterocycles. The van der Waals surface area contributed by atoms with E-state index in [0.717, 1.165) is 5.56 Å². The molecule has 186 valence electrons. The Kier molecular flexibility index (Phi) is 10.6. The van der Waals surface area contributed by atoms with Crippen molar-refractivity contribution in [2.75, 3.05) is 23.9 Å². The molecule has 1 unspecified atom stereocenters. The second-order valence-electron chi connectivity index (χ2n) is 8.38. The number of nitrogens with one attached hydrogen (secondary N) is 2. The Morgan fingerprint density at radius 3 is 2.32 bits per heavy atom. The van der Waals surface area contributed by atoms with E-state index in [1.165, 1.54) is 4.31 Å². The van der Waals surface area contributed by atoms with E-state index in [9.17, 15) is 18.4 Å². The van der Waals surface area contributed by atoms with Gasteiger partial charge in [0.25, 0.3) is 17.2 Å². The van der Waals surface area contributed by atoms with Crippen LogP contribution in [0.5, 0.6) is 0 Å². The lowest BCUT2D eigenvalue weighted by atomic mass is 10.1. The Morgan fingerprint density at radius 1 is 1.06 bits per heavy atom. The monoisotopic (exact) mass is 529 g/mol. The molecule has 2 aromatic carbocycles. The van der Waals surface area contributed by atoms with Crippen molar-refractivity contribution in [3.8, 4) is 0 Å². The molecule has 11 heteroatoms. The summed E-state index contributed by atoms with van der Waals surface area (Å²) in [5.74, 6) is -0.286. The van der Waals surface area contributed by atoms with Gasteiger partial charge >= 0.3 is 6.09 Å². The normalized spacial score (nSPS) is 12.1. The van der Waals surface area contributed by atoms with Gasteiger partial charge in [0.05, 0.1) is 15.7 Å². The minimum absolute atomic E-state index is 0.222. The maximum Gasteiger partial charge on any atom is 0.407 e. The average Bonchev–Trinajstić information content (AvgIpc) is 2.75. The molecule has 8 nitrogen and oxygen atoms in total. The zero-order chi connectivity index (χ0) is 25.3. The topological polar surface area (TPSA) is 108 Å². The van der Waals surface area contributed by atoms with Gasteiger partial charge in [-0.2, -0.15) is 0 Å². The van der Waals surface area contributed by atoms with E-state index in [1.807, 2.05) is 6.07 Å². The van der Waals surface area contributed by atoms with Crippen molar-refractivity contribution in [2.24, 2.45) is 0 Å². The molecule has 0 aliphatic carbocycles. The van der Waals surface area contributed by atoms with Crippen molar-refractivity contribution in [1.82, 2.24) is 10.6 Å². The molecule has 0 radical (unpaired) electrons. The lowest BCUT2D eigenvalue weighted by molar-refractivity contribution is 0.0527. The van der Waals surface area contributed by atoms with Gasteiger partial charge in [0.1, 0.15) is 5.60 Å². The molecule has 0 heterocycles. The fourth-order valence-corrected chi connectivity index (χ4v) is 3.90. The van der Waals surface area contributed by atoms with Gasteiger partial charge in [-0.05, 0) is 69.5 Å². The van der Waals surface area contributed by atoms with E-state index in [0.29, 0.717) is 47.2 Å². The highest BCUT2D eigenvalue weighted by Gasteiger charge is 2.16. The fraction of sp³-hybridized carbons (Fsp3) is 0.391. The molecule has 3 N–H and O–H groups in total. The van der Waals surface area contributed by atoms with Crippen LogP contribution in [-0.4, -0.2) is 46.0 Å². The van der Waals surface area contributed by atoms with Crippen molar-refractivity contribution in [3.63, 3.8) is 0 Å². The number of hydrogen-bond donors (Lipinski definition) is 3. The first-order valence-corrected chi connectivity index (χ1v) is 12.5. The standard InChI is InChI=1S/C23H29Cl2N3O5S/c1-23(2,3)33-22(30)27-14-5-13-26-21(29)17-8-10-18(11-9-17)28(34(31)32)15-12-16-6-4-7-19(24)20(16)25/h4,6-11H,5,12-15H2,1-3H3,(H,26,29)(H,27,30)(H,31,32). The second kappa shape index (κ2) is 12.9. The van der Waals surface area contributed by atoms with Crippen molar-refractivity contribution in [1.29, 1.82) is 0 Å². The third-order valence-corrected chi connectivity index (χ3v) is 6.16. The van der Waals surface area contributed by atoms with E-state index in [4.69, 9.17) is 27.9 Å². The highest BCUT2D eigenvalue weighted by molar-refractivity contribution is 7.80. The third-order valence-electron chi connectivity index (χ3n) is 4.53. The van der Waals surface area contributed by atoms with Crippen LogP contribution in [0.3, 0.4) is 0 Å². The van der Waals surface area contributed by atoms with Crippen molar-refractivity contribution in [3.05, 3.63) is 63.6 Å². The van der Waals surface area contributed by atoms with E-state index in [2.05, 4.69) is 10.6 Å². The van der Waals surface area contributed by atoms with Gasteiger partial charge in [-0.3, -0.25) is 13.7 Å². The van der Waals surface area contributed by atoms with Crippen LogP contribution in [0.15, 0.2) is 42.5 Å². The maximum atomic E-state index is 12.4. The van der Waals surface area contributed by atoms with Gasteiger partial charge in [-0.15, -0.1) is 0 Å². The van der Waals surface area contributed by atoms with Crippen LogP contribution in [0.25, 0.3) is 0 Å². The number of hydrogen-bond acceptors (Lipinski definition) is 4. The first kappa shape index (κ1) is 27.9. The molecular formula is C23H29Cl2N3O5S. The van der Waals surface area contributed by atoms with Crippen LogP contribution in [-0.2, 0) is 22.4 Å². The number of amides is 2. The molecule has 2 aromatic rings. The number of halogens is 2. The van der Waals surface area contributed by atoms with Crippen LogP contribution in [0.1, 0.15) is 43.1 Å². The summed E-state index contributed by atoms with van der Waals surface area (Å²) in [5.41, 5.74) is 1.09. The summed E-state index contributed by atoms with van der Waals surface area (Å²) in [7, 11) is 0. The Labute approximate surface area is 212 Å². The van der Waals surface area contributed by atoms with Crippen LogP contribution in [0.4, 0.5) is 10.5 Å². The van der Waals surface area contributed by atoms with Crippen LogP contribution in [0, 0.1) is 0 Å². The first-order chi connectivity index (χ1) is 16.0. The van der Waals surface area contributed by atoms with Gasteiger partial charge in [0.15, 0.2) is 0 Å². The SMILES string of the molecule is CC(C)(C)OC(=O)NCCCNC(=O)c1ccc(N(CCc2cccc(Cl)c2Cl)S(=O)O)cc1. The van der Waals surface area contributed by atoms with E-state index in [-0.39, 0.29) is 12.5 Å². The molecular weight excluding hydrogens is 501 g/mol. The number of rotatable bonds is 10. The van der Waals surface area contributed by atoms with Gasteiger partial charge in [0.2, 0.25) is 0 Å². The Balaban J connectivity index is 1.85. The summed E-state index contributed by atoms with van der Waals surface area (Å²) in [4.78, 5) is 23.9. The Bertz CT molecular complexity index is 1010. The molecule has 2 rings (SSSR count). The smallest absolute Gasteiger partial charge is 0.407 e. The molecule has 0 saturated carbocycles. The van der Waals surface area contributed by atoms with Crippen molar-refractivity contribution in [2.45, 2.75) is 39.2 Å². The summed E-state index contributed by atoms with van der Waals surface area (Å²) in [6, 6.07) is 11.6. The fourth-order valence-electron chi connectivity index (χ4n) is 2.94. The predicted octanol–water partition coefficient (Wildman–Crippen LogP) is 4.82.